The van der Waals surface area contributed by atoms with Crippen molar-refractivity contribution in [2.75, 3.05) is 27.9 Å². The number of aromatic nitrogens is 1. The minimum absolute atomic E-state index is 0.00904. The number of para-hydroxylation sites is 1. The maximum atomic E-state index is 14.0. The zero-order valence-corrected chi connectivity index (χ0v) is 21.6. The number of aromatic amines is 1. The van der Waals surface area contributed by atoms with Gasteiger partial charge in [0.05, 0.1) is 21.3 Å². The molecule has 1 N–H and O–H groups in total. The Hall–Kier alpha value is -4.46. The molecule has 0 radical (unpaired) electrons. The number of H-pyrrole nitrogens is 1. The van der Waals surface area contributed by atoms with Gasteiger partial charge in [0.2, 0.25) is 11.8 Å². The molecule has 2 amide bonds. The molecule has 3 aromatic carbocycles. The molecule has 194 valence electrons. The molecule has 2 aliphatic heterocycles. The third kappa shape index (κ3) is 3.84. The highest BCUT2D eigenvalue weighted by atomic mass is 16.5. The molecule has 8 nitrogen and oxygen atoms in total. The molecule has 2 aliphatic rings. The van der Waals surface area contributed by atoms with Crippen LogP contribution in [-0.2, 0) is 22.6 Å². The van der Waals surface area contributed by atoms with Gasteiger partial charge < -0.3 is 29.0 Å². The number of nitrogens with one attached hydrogen (secondary N) is 1. The summed E-state index contributed by atoms with van der Waals surface area (Å²) < 4.78 is 16.6. The zero-order chi connectivity index (χ0) is 26.4. The minimum atomic E-state index is -0.644. The smallest absolute Gasteiger partial charge is 0.246 e. The summed E-state index contributed by atoms with van der Waals surface area (Å²) in [4.78, 5) is 34.8. The lowest BCUT2D eigenvalue weighted by Crippen LogP contribution is -2.62. The number of ether oxygens (including phenoxy) is 3. The summed E-state index contributed by atoms with van der Waals surface area (Å²) in [6.07, 6.45) is 0.432. The second-order valence-corrected chi connectivity index (χ2v) is 9.64. The van der Waals surface area contributed by atoms with E-state index in [4.69, 9.17) is 14.2 Å². The minimum Gasteiger partial charge on any atom is -0.497 e. The number of carbonyl (C=O) groups is 2. The quantitative estimate of drug-likeness (QED) is 0.422. The molecule has 1 aromatic heterocycles. The van der Waals surface area contributed by atoms with Crippen LogP contribution in [0, 0.1) is 0 Å². The lowest BCUT2D eigenvalue weighted by atomic mass is 9.85. The van der Waals surface area contributed by atoms with E-state index in [-0.39, 0.29) is 18.4 Å². The van der Waals surface area contributed by atoms with Gasteiger partial charge in [0, 0.05) is 35.1 Å². The largest absolute Gasteiger partial charge is 0.497 e. The number of carbonyl (C=O) groups excluding carboxylic acids is 2. The highest BCUT2D eigenvalue weighted by Crippen LogP contribution is 2.45. The summed E-state index contributed by atoms with van der Waals surface area (Å²) in [6.45, 7) is 0.324. The molecule has 3 heterocycles. The number of nitrogens with zero attached hydrogens (tertiary/aromatic N) is 2. The van der Waals surface area contributed by atoms with Gasteiger partial charge >= 0.3 is 0 Å². The Morgan fingerprint density at radius 2 is 1.68 bits per heavy atom. The summed E-state index contributed by atoms with van der Waals surface area (Å²) in [5.74, 6) is 1.80. The van der Waals surface area contributed by atoms with Gasteiger partial charge in [-0.2, -0.15) is 0 Å². The van der Waals surface area contributed by atoms with Crippen LogP contribution in [-0.4, -0.2) is 60.5 Å². The zero-order valence-electron chi connectivity index (χ0n) is 21.6. The van der Waals surface area contributed by atoms with Crippen LogP contribution in [0.25, 0.3) is 10.9 Å². The topological polar surface area (TPSA) is 84.1 Å². The third-order valence-electron chi connectivity index (χ3n) is 7.58. The average Bonchev–Trinajstić information content (AvgIpc) is 3.33. The van der Waals surface area contributed by atoms with Crippen LogP contribution in [0.2, 0.25) is 0 Å². The first-order valence-electron chi connectivity index (χ1n) is 12.6. The fourth-order valence-corrected chi connectivity index (χ4v) is 5.83. The summed E-state index contributed by atoms with van der Waals surface area (Å²) in [7, 11) is 4.83. The Labute approximate surface area is 220 Å². The number of hydrogen-bond acceptors (Lipinski definition) is 5. The van der Waals surface area contributed by atoms with Crippen LogP contribution in [0.5, 0.6) is 17.2 Å². The summed E-state index contributed by atoms with van der Waals surface area (Å²) in [6, 6.07) is 20.0. The van der Waals surface area contributed by atoms with Crippen LogP contribution < -0.4 is 14.2 Å². The van der Waals surface area contributed by atoms with Gasteiger partial charge in [0.15, 0.2) is 0 Å². The Morgan fingerprint density at radius 1 is 0.895 bits per heavy atom. The Balaban J connectivity index is 1.47. The fourth-order valence-electron chi connectivity index (χ4n) is 5.83. The lowest BCUT2D eigenvalue weighted by molar-refractivity contribution is -0.159. The van der Waals surface area contributed by atoms with Gasteiger partial charge in [-0.15, -0.1) is 0 Å². The normalized spacial score (nSPS) is 18.8. The van der Waals surface area contributed by atoms with Gasteiger partial charge in [-0.1, -0.05) is 30.3 Å². The van der Waals surface area contributed by atoms with Crippen LogP contribution in [0.3, 0.4) is 0 Å². The molecule has 6 rings (SSSR count). The molecule has 1 saturated heterocycles. The number of rotatable bonds is 6. The van der Waals surface area contributed by atoms with E-state index >= 15 is 0 Å². The Morgan fingerprint density at radius 3 is 2.47 bits per heavy atom. The van der Waals surface area contributed by atoms with Gasteiger partial charge in [-0.25, -0.2) is 0 Å². The lowest BCUT2D eigenvalue weighted by Gasteiger charge is -2.47. The van der Waals surface area contributed by atoms with Gasteiger partial charge in [-0.3, -0.25) is 9.59 Å². The summed E-state index contributed by atoms with van der Waals surface area (Å²) in [5, 5.41) is 1.05. The first-order chi connectivity index (χ1) is 18.5. The number of amides is 2. The van der Waals surface area contributed by atoms with E-state index in [1.165, 1.54) is 0 Å². The number of fused-ring (bicyclic) bond motifs is 4. The summed E-state index contributed by atoms with van der Waals surface area (Å²) >= 11 is 0. The van der Waals surface area contributed by atoms with Gasteiger partial charge in [0.1, 0.15) is 35.9 Å². The monoisotopic (exact) mass is 511 g/mol. The van der Waals surface area contributed by atoms with E-state index in [2.05, 4.69) is 11.1 Å². The van der Waals surface area contributed by atoms with Crippen molar-refractivity contribution in [2.24, 2.45) is 0 Å². The van der Waals surface area contributed by atoms with Crippen molar-refractivity contribution in [3.05, 3.63) is 89.1 Å². The van der Waals surface area contributed by atoms with E-state index in [0.29, 0.717) is 30.2 Å². The van der Waals surface area contributed by atoms with Gasteiger partial charge in [0.25, 0.3) is 0 Å². The van der Waals surface area contributed by atoms with Crippen molar-refractivity contribution in [2.45, 2.75) is 25.0 Å². The first-order valence-corrected chi connectivity index (χ1v) is 12.6. The fraction of sp³-hybridized carbons (Fsp3) is 0.267. The van der Waals surface area contributed by atoms with Crippen molar-refractivity contribution in [1.29, 1.82) is 0 Å². The number of piperazine rings is 1. The number of benzene rings is 3. The molecule has 0 spiro atoms. The standard InChI is InChI=1S/C30H29N3O5/c1-36-19-8-6-7-18(13-19)16-32-17-27(34)33-25(30(32)35)15-22-21-9-4-5-10-24(21)31-28(22)29(33)23-14-20(37-2)11-12-26(23)38-3/h4-14,25,29,31H,15-17H2,1-3H3/t25-,29?/m0/s1. The third-order valence-corrected chi connectivity index (χ3v) is 7.58. The Bertz CT molecular complexity index is 1540. The molecule has 8 heteroatoms. The number of hydrogen-bond donors (Lipinski definition) is 1. The summed E-state index contributed by atoms with van der Waals surface area (Å²) in [5.41, 5.74) is 4.59. The van der Waals surface area contributed by atoms with E-state index < -0.39 is 12.1 Å². The predicted molar refractivity (Wildman–Crippen MR) is 142 cm³/mol. The molecule has 1 fully saturated rings. The van der Waals surface area contributed by atoms with Gasteiger partial charge in [-0.05, 0) is 47.5 Å². The molecule has 38 heavy (non-hydrogen) atoms. The van der Waals surface area contributed by atoms with Crippen LogP contribution in [0.4, 0.5) is 0 Å². The highest BCUT2D eigenvalue weighted by molar-refractivity contribution is 5.97. The van der Waals surface area contributed by atoms with Crippen molar-refractivity contribution < 1.29 is 23.8 Å². The second kappa shape index (κ2) is 9.45. The maximum Gasteiger partial charge on any atom is 0.246 e. The molecular weight excluding hydrogens is 482 g/mol. The van der Waals surface area contributed by atoms with Crippen molar-refractivity contribution in [3.8, 4) is 17.2 Å². The molecule has 0 saturated carbocycles. The number of methoxy groups -OCH3 is 3. The van der Waals surface area contributed by atoms with E-state index in [1.807, 2.05) is 60.7 Å². The predicted octanol–water partition coefficient (Wildman–Crippen LogP) is 4.08. The molecule has 1 unspecified atom stereocenters. The van der Waals surface area contributed by atoms with Crippen LogP contribution in [0.1, 0.15) is 28.4 Å². The van der Waals surface area contributed by atoms with E-state index in [1.54, 1.807) is 31.1 Å². The van der Waals surface area contributed by atoms with E-state index in [0.717, 1.165) is 33.3 Å². The molecule has 2 atom stereocenters. The molecule has 0 bridgehead atoms. The molecule has 4 aromatic rings. The van der Waals surface area contributed by atoms with Crippen LogP contribution in [0.15, 0.2) is 66.7 Å². The highest BCUT2D eigenvalue weighted by Gasteiger charge is 2.48. The van der Waals surface area contributed by atoms with E-state index in [9.17, 15) is 9.59 Å². The first kappa shape index (κ1) is 23.9. The van der Waals surface area contributed by atoms with Crippen molar-refractivity contribution in [3.63, 3.8) is 0 Å². The molecular formula is C30H29N3O5. The average molecular weight is 512 g/mol. The van der Waals surface area contributed by atoms with Crippen molar-refractivity contribution in [1.82, 2.24) is 14.8 Å². The SMILES string of the molecule is COc1cccc(CN2CC(=O)N3C(c4cc(OC)ccc4OC)c4[nH]c5ccccc5c4C[C@H]3C2=O)c1. The Kier molecular flexibility index (Phi) is 5.94. The second-order valence-electron chi connectivity index (χ2n) is 9.64. The van der Waals surface area contributed by atoms with Crippen LogP contribution >= 0.6 is 0 Å². The van der Waals surface area contributed by atoms with Crippen molar-refractivity contribution >= 4 is 22.7 Å². The maximum absolute atomic E-state index is 14.0. The molecule has 0 aliphatic carbocycles.